The molecule has 6 rings (SSSR count). The Hall–Kier alpha value is -4.46. The second kappa shape index (κ2) is 10.7. The molecule has 1 heterocycles. The Morgan fingerprint density at radius 1 is 0.976 bits per heavy atom. The fourth-order valence-electron chi connectivity index (χ4n) is 6.37. The monoisotopic (exact) mass is 566 g/mol. The topological polar surface area (TPSA) is 114 Å². The minimum absolute atomic E-state index is 0.148. The van der Waals surface area contributed by atoms with Gasteiger partial charge in [0.2, 0.25) is 5.91 Å². The number of hydrogen-bond acceptors (Lipinski definition) is 6. The Morgan fingerprint density at radius 2 is 1.71 bits per heavy atom. The number of carbonyl (C=O) groups excluding carboxylic acids is 2. The molecule has 4 atom stereocenters. The summed E-state index contributed by atoms with van der Waals surface area (Å²) < 4.78 is 6.04. The number of benzene rings is 2. The number of amides is 1. The zero-order chi connectivity index (χ0) is 29.6. The Kier molecular flexibility index (Phi) is 7.09. The molecule has 3 aliphatic carbocycles. The van der Waals surface area contributed by atoms with Gasteiger partial charge in [-0.2, -0.15) is 0 Å². The summed E-state index contributed by atoms with van der Waals surface area (Å²) >= 11 is 0. The van der Waals surface area contributed by atoms with Crippen LogP contribution in [-0.2, 0) is 19.2 Å². The average molecular weight is 567 g/mol. The number of oxime groups is 1. The van der Waals surface area contributed by atoms with Crippen LogP contribution in [-0.4, -0.2) is 47.2 Å². The van der Waals surface area contributed by atoms with Crippen molar-refractivity contribution in [2.24, 2.45) is 22.4 Å². The summed E-state index contributed by atoms with van der Waals surface area (Å²) in [5.41, 5.74) is 5.13. The van der Waals surface area contributed by atoms with Crippen LogP contribution in [0.4, 0.5) is 0 Å². The zero-order valence-electron chi connectivity index (χ0n) is 23.9. The molecule has 1 fully saturated rings. The molecule has 0 aromatic heterocycles. The number of nitrogens with zero attached hydrogens (tertiary/aromatic N) is 1. The highest BCUT2D eigenvalue weighted by atomic mass is 16.6. The molecule has 0 saturated heterocycles. The fraction of sp³-hybridized carbons (Fsp3) is 0.353. The molecule has 2 aromatic rings. The van der Waals surface area contributed by atoms with E-state index >= 15 is 0 Å². The van der Waals surface area contributed by atoms with E-state index in [2.05, 4.69) is 10.5 Å². The summed E-state index contributed by atoms with van der Waals surface area (Å²) in [5.74, 6) is -2.78. The van der Waals surface area contributed by atoms with Crippen molar-refractivity contribution in [2.45, 2.75) is 52.2 Å². The number of ether oxygens (including phenoxy) is 1. The van der Waals surface area contributed by atoms with Gasteiger partial charge in [-0.05, 0) is 59.2 Å². The van der Waals surface area contributed by atoms with Crippen molar-refractivity contribution in [2.75, 3.05) is 6.61 Å². The maximum absolute atomic E-state index is 14.0. The highest BCUT2D eigenvalue weighted by Gasteiger charge is 2.48. The van der Waals surface area contributed by atoms with Crippen LogP contribution in [0.5, 0.6) is 5.75 Å². The molecule has 42 heavy (non-hydrogen) atoms. The second-order valence-electron chi connectivity index (χ2n) is 12.4. The Bertz CT molecular complexity index is 1590. The van der Waals surface area contributed by atoms with E-state index in [4.69, 9.17) is 9.57 Å². The van der Waals surface area contributed by atoms with Gasteiger partial charge in [0, 0.05) is 29.0 Å². The SMILES string of the molecule is CC(C)(C)[C@@H]1NC(=O)C2=C(C=CCOc3ccc4c(c3)C(=NO[C@H]3CC(C1=O)[C@H](C(=O)O)C3)c1ccccc1-4)C=CC2. The van der Waals surface area contributed by atoms with Crippen molar-refractivity contribution >= 4 is 23.4 Å². The summed E-state index contributed by atoms with van der Waals surface area (Å²) in [7, 11) is 0. The molecule has 8 heteroatoms. The van der Waals surface area contributed by atoms with Crippen molar-refractivity contribution in [3.63, 3.8) is 0 Å². The number of ketones is 1. The molecule has 1 amide bonds. The van der Waals surface area contributed by atoms with E-state index in [-0.39, 0.29) is 24.5 Å². The molecule has 1 saturated carbocycles. The molecule has 216 valence electrons. The number of hydrogen-bond donors (Lipinski definition) is 2. The van der Waals surface area contributed by atoms with Crippen LogP contribution in [0.1, 0.15) is 51.2 Å². The van der Waals surface area contributed by atoms with Crippen LogP contribution in [0.15, 0.2) is 83.1 Å². The predicted octanol–water partition coefficient (Wildman–Crippen LogP) is 5.22. The smallest absolute Gasteiger partial charge is 0.307 e. The van der Waals surface area contributed by atoms with E-state index in [9.17, 15) is 19.5 Å². The normalized spacial score (nSPS) is 25.4. The summed E-state index contributed by atoms with van der Waals surface area (Å²) in [4.78, 5) is 45.9. The van der Waals surface area contributed by atoms with E-state index < -0.39 is 35.4 Å². The highest BCUT2D eigenvalue weighted by Crippen LogP contribution is 2.41. The summed E-state index contributed by atoms with van der Waals surface area (Å²) in [6.45, 7) is 5.92. The lowest BCUT2D eigenvalue weighted by atomic mass is 9.77. The predicted molar refractivity (Wildman–Crippen MR) is 158 cm³/mol. The number of Topliss-reactive ketones (excluding diaryl/α,β-unsaturated/α-hetero) is 1. The van der Waals surface area contributed by atoms with E-state index in [0.717, 1.165) is 27.8 Å². The van der Waals surface area contributed by atoms with Gasteiger partial charge in [-0.15, -0.1) is 0 Å². The maximum Gasteiger partial charge on any atom is 0.307 e. The number of carboxylic acids is 1. The third kappa shape index (κ3) is 5.06. The first-order valence-electron chi connectivity index (χ1n) is 14.4. The molecule has 2 aromatic carbocycles. The van der Waals surface area contributed by atoms with Crippen LogP contribution < -0.4 is 10.1 Å². The van der Waals surface area contributed by atoms with Crippen LogP contribution in [0.25, 0.3) is 11.1 Å². The standard InChI is InChI=1S/C34H34N2O6/c1-34(2,3)31-30(37)27-17-21(18-28(27)33(39)40)42-36-29-25-11-5-4-10-23(25)24-14-13-20(16-26(24)29)41-15-7-9-19-8-6-12-22(19)32(38)35-31/h4-11,13-14,16,21,27-28,31H,12,15,17-18H2,1-3H3,(H,35,38)(H,39,40)/t21-,27?,28+,31+/m0/s1. The number of carboxylic acid groups (broad SMARTS) is 1. The van der Waals surface area contributed by atoms with E-state index in [1.54, 1.807) is 0 Å². The van der Waals surface area contributed by atoms with Crippen LogP contribution in [0.3, 0.4) is 0 Å². The average Bonchev–Trinajstić information content (AvgIpc) is 3.67. The third-order valence-electron chi connectivity index (χ3n) is 8.53. The largest absolute Gasteiger partial charge is 0.490 e. The van der Waals surface area contributed by atoms with E-state index in [1.807, 2.05) is 87.5 Å². The van der Waals surface area contributed by atoms with Gasteiger partial charge in [0.15, 0.2) is 5.78 Å². The van der Waals surface area contributed by atoms with Crippen molar-refractivity contribution in [1.82, 2.24) is 5.32 Å². The first-order valence-corrected chi connectivity index (χ1v) is 14.4. The van der Waals surface area contributed by atoms with Gasteiger partial charge in [-0.3, -0.25) is 14.4 Å². The Labute approximate surface area is 244 Å². The molecule has 8 nitrogen and oxygen atoms in total. The molecule has 2 N–H and O–H groups in total. The zero-order valence-corrected chi connectivity index (χ0v) is 23.9. The lowest BCUT2D eigenvalue weighted by Gasteiger charge is -2.33. The molecule has 4 aliphatic rings. The Balaban J connectivity index is 1.42. The number of allylic oxidation sites excluding steroid dienone is 4. The van der Waals surface area contributed by atoms with Crippen LogP contribution in [0.2, 0.25) is 0 Å². The molecule has 1 aliphatic heterocycles. The number of aliphatic carboxylic acids is 1. The first kappa shape index (κ1) is 27.7. The second-order valence-corrected chi connectivity index (χ2v) is 12.4. The summed E-state index contributed by atoms with van der Waals surface area (Å²) in [5, 5.41) is 17.6. The molecule has 0 radical (unpaired) electrons. The maximum atomic E-state index is 14.0. The number of fused-ring (bicyclic) bond motifs is 6. The van der Waals surface area contributed by atoms with Gasteiger partial charge in [-0.25, -0.2) is 0 Å². The minimum Gasteiger partial charge on any atom is -0.490 e. The summed E-state index contributed by atoms with van der Waals surface area (Å²) in [6.07, 6.45) is 7.73. The molecular formula is C34H34N2O6. The van der Waals surface area contributed by atoms with Crippen LogP contribution in [0, 0.1) is 17.3 Å². The first-order chi connectivity index (χ1) is 20.1. The van der Waals surface area contributed by atoms with E-state index in [0.29, 0.717) is 30.1 Å². The number of carbonyl (C=O) groups is 3. The van der Waals surface area contributed by atoms with Gasteiger partial charge in [-0.1, -0.05) is 68.4 Å². The van der Waals surface area contributed by atoms with Gasteiger partial charge in [0.05, 0.1) is 12.0 Å². The van der Waals surface area contributed by atoms with E-state index in [1.165, 1.54) is 0 Å². The quantitative estimate of drug-likeness (QED) is 0.418. The van der Waals surface area contributed by atoms with Gasteiger partial charge >= 0.3 is 5.97 Å². The van der Waals surface area contributed by atoms with Crippen molar-refractivity contribution in [3.8, 4) is 16.9 Å². The van der Waals surface area contributed by atoms with Gasteiger partial charge in [0.1, 0.15) is 24.2 Å². The Morgan fingerprint density at radius 3 is 2.48 bits per heavy atom. The minimum atomic E-state index is -1.05. The molecular weight excluding hydrogens is 532 g/mol. The number of rotatable bonds is 1. The number of nitrogens with one attached hydrogen (secondary N) is 1. The molecule has 4 bridgehead atoms. The fourth-order valence-corrected chi connectivity index (χ4v) is 6.37. The highest BCUT2D eigenvalue weighted by molar-refractivity contribution is 6.24. The van der Waals surface area contributed by atoms with Gasteiger partial charge in [0.25, 0.3) is 0 Å². The third-order valence-corrected chi connectivity index (χ3v) is 8.53. The van der Waals surface area contributed by atoms with Gasteiger partial charge < -0.3 is 20.0 Å². The van der Waals surface area contributed by atoms with Crippen molar-refractivity contribution in [3.05, 3.63) is 89.0 Å². The molecule has 0 spiro atoms. The van der Waals surface area contributed by atoms with Crippen molar-refractivity contribution < 1.29 is 29.1 Å². The van der Waals surface area contributed by atoms with Crippen molar-refractivity contribution in [1.29, 1.82) is 0 Å². The molecule has 1 unspecified atom stereocenters. The van der Waals surface area contributed by atoms with Crippen LogP contribution >= 0.6 is 0 Å². The summed E-state index contributed by atoms with van der Waals surface area (Å²) in [6, 6.07) is 12.9. The lowest BCUT2D eigenvalue weighted by molar-refractivity contribution is -0.146. The lowest BCUT2D eigenvalue weighted by Crippen LogP contribution is -2.52.